The fourth-order valence-corrected chi connectivity index (χ4v) is 17.3. The minimum atomic E-state index is -0.145. The normalized spacial score (nSPS) is 15.2. The van der Waals surface area contributed by atoms with Crippen molar-refractivity contribution in [3.05, 3.63) is 342 Å². The molecule has 480 valence electrons. The van der Waals surface area contributed by atoms with Crippen LogP contribution in [0.3, 0.4) is 0 Å². The van der Waals surface area contributed by atoms with Gasteiger partial charge in [0.15, 0.2) is 0 Å². The number of aryl methyl sites for hydroxylation is 3. The minimum Gasteiger partial charge on any atom is -0.172 e. The summed E-state index contributed by atoms with van der Waals surface area (Å²) < 4.78 is 9.53. The number of aromatic nitrogens is 2. The summed E-state index contributed by atoms with van der Waals surface area (Å²) in [5.41, 5.74) is 41.8. The first kappa shape index (κ1) is 62.0. The van der Waals surface area contributed by atoms with Crippen molar-refractivity contribution in [3.63, 3.8) is 0 Å². The van der Waals surface area contributed by atoms with Crippen molar-refractivity contribution in [2.45, 2.75) is 103 Å². The van der Waals surface area contributed by atoms with E-state index in [1.54, 1.807) is 0 Å². The summed E-state index contributed by atoms with van der Waals surface area (Å²) in [6.45, 7) is 21.2. The van der Waals surface area contributed by atoms with Crippen molar-refractivity contribution in [3.8, 4) is 66.8 Å². The third kappa shape index (κ3) is 10.9. The predicted molar refractivity (Wildman–Crippen MR) is 423 cm³/mol. The van der Waals surface area contributed by atoms with Crippen LogP contribution < -0.4 is 0 Å². The van der Waals surface area contributed by atoms with Gasteiger partial charge in [0.05, 0.1) is 11.7 Å². The molecule has 0 unspecified atom stereocenters. The molecule has 0 bridgehead atoms. The molecular weight excluding hydrogens is 1210 g/mol. The summed E-state index contributed by atoms with van der Waals surface area (Å²) in [7, 11) is 0. The van der Waals surface area contributed by atoms with E-state index in [-0.39, 0.29) is 21.7 Å². The molecular formula is C96H80N2S. The van der Waals surface area contributed by atoms with E-state index < -0.39 is 0 Å². The van der Waals surface area contributed by atoms with E-state index in [2.05, 4.69) is 348 Å². The molecule has 0 amide bonds. The van der Waals surface area contributed by atoms with E-state index in [4.69, 9.17) is 8.75 Å². The maximum Gasteiger partial charge on any atom is 0.112 e. The van der Waals surface area contributed by atoms with Crippen molar-refractivity contribution >= 4 is 71.4 Å². The first-order chi connectivity index (χ1) is 47.9. The van der Waals surface area contributed by atoms with E-state index in [1.165, 1.54) is 151 Å². The molecule has 2 nitrogen and oxygen atoms in total. The van der Waals surface area contributed by atoms with Crippen LogP contribution in [0.15, 0.2) is 237 Å². The molecule has 3 heteroatoms. The van der Waals surface area contributed by atoms with Gasteiger partial charge in [-0.2, -0.15) is 8.75 Å². The first-order valence-electron chi connectivity index (χ1n) is 35.3. The van der Waals surface area contributed by atoms with Crippen molar-refractivity contribution in [2.75, 3.05) is 0 Å². The van der Waals surface area contributed by atoms with Crippen molar-refractivity contribution in [2.24, 2.45) is 0 Å². The van der Waals surface area contributed by atoms with Crippen LogP contribution in [0.25, 0.3) is 126 Å². The zero-order chi connectivity index (χ0) is 67.5. The molecule has 0 fully saturated rings. The molecule has 0 atom stereocenters. The fraction of sp³-hybridized carbons (Fsp3) is 0.167. The van der Waals surface area contributed by atoms with Crippen LogP contribution >= 0.6 is 11.7 Å². The van der Waals surface area contributed by atoms with Gasteiger partial charge in [0.25, 0.3) is 0 Å². The molecule has 0 spiro atoms. The number of hydrogen-bond donors (Lipinski definition) is 0. The van der Waals surface area contributed by atoms with Gasteiger partial charge in [-0.3, -0.25) is 0 Å². The highest BCUT2D eigenvalue weighted by Crippen LogP contribution is 2.55. The van der Waals surface area contributed by atoms with Gasteiger partial charge in [0, 0.05) is 32.8 Å². The quantitative estimate of drug-likeness (QED) is 0.101. The standard InChI is InChI=1S/C96H80N2S/c1-60-17-19-61(20-18-60)13-12-14-66-35-46-76-80-50-44-73(58-88(80)94(4,5)84(76)53-66)74-45-52-82-78-48-37-68(55-86(78)96(8,9)90(82)59-74)32-30-63-23-27-65(28-24-63)34-39-70-41-40-69(91-92(70)98-99-97-91)38-33-64-25-21-62(22-26-64)29-31-67-36-47-77-81-51-43-72(57-89(81)95(6,7)85(77)54-67)71-42-49-79-75-15-10-11-16-83(75)93(2,3)87(79)56-71/h10-11,15-59H,12-14H2,1-9H3/b31-29+,32-30+,38-33+,39-34+. The monoisotopic (exact) mass is 1290 g/mol. The average Bonchev–Trinajstić information content (AvgIpc) is 1.59. The van der Waals surface area contributed by atoms with Gasteiger partial charge < -0.3 is 0 Å². The average molecular weight is 1290 g/mol. The Labute approximate surface area is 588 Å². The Balaban J connectivity index is 0.518. The molecule has 1 heterocycles. The maximum absolute atomic E-state index is 4.76. The molecule has 4 aliphatic rings. The van der Waals surface area contributed by atoms with Crippen molar-refractivity contribution < 1.29 is 0 Å². The lowest BCUT2D eigenvalue weighted by Crippen LogP contribution is -2.16. The molecule has 4 aliphatic carbocycles. The topological polar surface area (TPSA) is 25.8 Å². The third-order valence-corrected chi connectivity index (χ3v) is 23.2. The van der Waals surface area contributed by atoms with Gasteiger partial charge in [-0.05, 0) is 206 Å². The van der Waals surface area contributed by atoms with E-state index in [9.17, 15) is 0 Å². The van der Waals surface area contributed by atoms with Crippen LogP contribution in [0.2, 0.25) is 0 Å². The zero-order valence-electron chi connectivity index (χ0n) is 58.1. The molecule has 1 aromatic heterocycles. The second kappa shape index (κ2) is 23.9. The number of nitrogens with zero attached hydrogens (tertiary/aromatic N) is 2. The number of rotatable bonds is 14. The summed E-state index contributed by atoms with van der Waals surface area (Å²) in [4.78, 5) is 0. The van der Waals surface area contributed by atoms with E-state index >= 15 is 0 Å². The van der Waals surface area contributed by atoms with Crippen molar-refractivity contribution in [1.29, 1.82) is 0 Å². The molecule has 99 heavy (non-hydrogen) atoms. The Bertz CT molecular complexity index is 5560. The lowest BCUT2D eigenvalue weighted by Gasteiger charge is -2.24. The van der Waals surface area contributed by atoms with Gasteiger partial charge in [-0.1, -0.05) is 322 Å². The smallest absolute Gasteiger partial charge is 0.112 e. The summed E-state index contributed by atoms with van der Waals surface area (Å²) >= 11 is 1.26. The first-order valence-corrected chi connectivity index (χ1v) is 36.0. The van der Waals surface area contributed by atoms with Gasteiger partial charge in [0.2, 0.25) is 0 Å². The fourth-order valence-electron chi connectivity index (χ4n) is 16.7. The summed E-state index contributed by atoms with van der Waals surface area (Å²) in [5.74, 6) is 0. The Kier molecular flexibility index (Phi) is 14.9. The highest BCUT2D eigenvalue weighted by atomic mass is 32.1. The number of benzene rings is 12. The van der Waals surface area contributed by atoms with Crippen LogP contribution in [0, 0.1) is 6.92 Å². The second-order valence-electron chi connectivity index (χ2n) is 30.3. The predicted octanol–water partition coefficient (Wildman–Crippen LogP) is 25.4. The van der Waals surface area contributed by atoms with Crippen LogP contribution in [-0.4, -0.2) is 8.75 Å². The molecule has 13 aromatic rings. The third-order valence-electron chi connectivity index (χ3n) is 22.6. The van der Waals surface area contributed by atoms with E-state index in [0.29, 0.717) is 0 Å². The van der Waals surface area contributed by atoms with Crippen LogP contribution in [0.1, 0.15) is 168 Å². The van der Waals surface area contributed by atoms with Gasteiger partial charge in [-0.25, -0.2) is 0 Å². The van der Waals surface area contributed by atoms with Crippen LogP contribution in [0.4, 0.5) is 0 Å². The minimum absolute atomic E-state index is 0.0293. The van der Waals surface area contributed by atoms with Gasteiger partial charge in [-0.15, -0.1) is 0 Å². The van der Waals surface area contributed by atoms with E-state index in [1.807, 2.05) is 0 Å². The molecule has 0 saturated carbocycles. The Morgan fingerprint density at radius 3 is 1.00 bits per heavy atom. The van der Waals surface area contributed by atoms with Gasteiger partial charge >= 0.3 is 0 Å². The second-order valence-corrected chi connectivity index (χ2v) is 30.8. The largest absolute Gasteiger partial charge is 0.172 e. The molecule has 0 radical (unpaired) electrons. The molecule has 0 saturated heterocycles. The lowest BCUT2D eigenvalue weighted by molar-refractivity contribution is 0.658. The lowest BCUT2D eigenvalue weighted by atomic mass is 9.80. The zero-order valence-corrected chi connectivity index (χ0v) is 58.9. The van der Waals surface area contributed by atoms with Crippen molar-refractivity contribution in [1.82, 2.24) is 8.75 Å². The SMILES string of the molecule is Cc1ccc(CCCc2ccc3c(c2)C(C)(C)c2cc(-c4ccc5c(c4)C(C)(C)c4cc(/C=C/c6ccc(/C=C/c7ccc(/C=C/c8ccc(/C=C/c9ccc%10c(c9)C(C)(C)c9cc(-c%11ccc%12c(c%11)C(C)(C)c%11ccccc%11-%12)ccc9-%10)cc8)c8nsnc78)cc6)ccc4-5)ccc2-3)cc1. The highest BCUT2D eigenvalue weighted by Gasteiger charge is 2.40. The Morgan fingerprint density at radius 1 is 0.273 bits per heavy atom. The van der Waals surface area contributed by atoms with Crippen LogP contribution in [-0.2, 0) is 34.5 Å². The highest BCUT2D eigenvalue weighted by molar-refractivity contribution is 7.00. The summed E-state index contributed by atoms with van der Waals surface area (Å²) in [6, 6.07) is 89.5. The summed E-state index contributed by atoms with van der Waals surface area (Å²) in [5, 5.41) is 0. The van der Waals surface area contributed by atoms with E-state index in [0.717, 1.165) is 63.7 Å². The molecule has 17 rings (SSSR count). The molecule has 12 aromatic carbocycles. The molecule has 0 N–H and O–H groups in total. The summed E-state index contributed by atoms with van der Waals surface area (Å²) in [6.07, 6.45) is 20.9. The van der Waals surface area contributed by atoms with Gasteiger partial charge in [0.1, 0.15) is 11.0 Å². The Morgan fingerprint density at radius 2 is 0.576 bits per heavy atom. The molecule has 0 aliphatic heterocycles. The maximum atomic E-state index is 4.76. The Hall–Kier alpha value is -10.6. The number of fused-ring (bicyclic) bond motifs is 13. The number of hydrogen-bond acceptors (Lipinski definition) is 3. The van der Waals surface area contributed by atoms with Crippen LogP contribution in [0.5, 0.6) is 0 Å².